The van der Waals surface area contributed by atoms with E-state index < -0.39 is 0 Å². The predicted molar refractivity (Wildman–Crippen MR) is 72.0 cm³/mol. The summed E-state index contributed by atoms with van der Waals surface area (Å²) in [5, 5.41) is 0. The fraction of sp³-hybridized carbons (Fsp3) is 0.615. The molecule has 1 aliphatic rings. The Morgan fingerprint density at radius 3 is 2.94 bits per heavy atom. The van der Waals surface area contributed by atoms with Crippen molar-refractivity contribution in [2.75, 3.05) is 30.3 Å². The Hall–Kier alpha value is -1.49. The van der Waals surface area contributed by atoms with E-state index in [1.165, 1.54) is 0 Å². The molecule has 0 aliphatic carbocycles. The van der Waals surface area contributed by atoms with Crippen molar-refractivity contribution < 1.29 is 9.47 Å². The molecule has 18 heavy (non-hydrogen) atoms. The van der Waals surface area contributed by atoms with Crippen LogP contribution in [0.25, 0.3) is 0 Å². The standard InChI is InChI=1S/C13H21N3O2/c1-9(2)18-13-11(14)4-5-12(15-13)16-6-7-17-10(3)8-16/h4-5,9-10H,6-8,14H2,1-3H3. The number of nitrogen functional groups attached to an aromatic ring is 1. The summed E-state index contributed by atoms with van der Waals surface area (Å²) in [6.07, 6.45) is 0.297. The van der Waals surface area contributed by atoms with Gasteiger partial charge in [-0.15, -0.1) is 0 Å². The second-order valence-electron chi connectivity index (χ2n) is 4.86. The fourth-order valence-corrected chi connectivity index (χ4v) is 1.96. The highest BCUT2D eigenvalue weighted by molar-refractivity contribution is 5.54. The van der Waals surface area contributed by atoms with E-state index in [-0.39, 0.29) is 12.2 Å². The van der Waals surface area contributed by atoms with Crippen molar-refractivity contribution in [3.05, 3.63) is 12.1 Å². The van der Waals surface area contributed by atoms with Crippen molar-refractivity contribution >= 4 is 11.5 Å². The Morgan fingerprint density at radius 1 is 1.50 bits per heavy atom. The number of nitrogens with zero attached hydrogens (tertiary/aromatic N) is 2. The fourth-order valence-electron chi connectivity index (χ4n) is 1.96. The van der Waals surface area contributed by atoms with Gasteiger partial charge in [-0.2, -0.15) is 4.98 Å². The maximum atomic E-state index is 5.86. The molecule has 0 spiro atoms. The number of morpholine rings is 1. The van der Waals surface area contributed by atoms with Gasteiger partial charge in [-0.05, 0) is 32.9 Å². The molecule has 1 aromatic rings. The molecule has 1 unspecified atom stereocenters. The van der Waals surface area contributed by atoms with Gasteiger partial charge in [0.25, 0.3) is 0 Å². The van der Waals surface area contributed by atoms with E-state index in [2.05, 4.69) is 16.8 Å². The van der Waals surface area contributed by atoms with Crippen LogP contribution in [0.4, 0.5) is 11.5 Å². The van der Waals surface area contributed by atoms with Gasteiger partial charge in [0.2, 0.25) is 5.88 Å². The van der Waals surface area contributed by atoms with Crippen molar-refractivity contribution in [2.45, 2.75) is 33.0 Å². The van der Waals surface area contributed by atoms with Gasteiger partial charge in [0, 0.05) is 13.1 Å². The first kappa shape index (κ1) is 13.0. The van der Waals surface area contributed by atoms with Crippen molar-refractivity contribution in [3.63, 3.8) is 0 Å². The molecule has 0 amide bonds. The molecule has 2 N–H and O–H groups in total. The largest absolute Gasteiger partial charge is 0.473 e. The van der Waals surface area contributed by atoms with E-state index in [0.717, 1.165) is 25.5 Å². The van der Waals surface area contributed by atoms with Gasteiger partial charge in [0.05, 0.1) is 24.5 Å². The third-order valence-corrected chi connectivity index (χ3v) is 2.79. The van der Waals surface area contributed by atoms with E-state index in [1.807, 2.05) is 26.0 Å². The summed E-state index contributed by atoms with van der Waals surface area (Å²) in [5.41, 5.74) is 6.44. The van der Waals surface area contributed by atoms with Gasteiger partial charge in [-0.1, -0.05) is 0 Å². The highest BCUT2D eigenvalue weighted by atomic mass is 16.5. The second kappa shape index (κ2) is 5.44. The Balaban J connectivity index is 2.17. The molecule has 0 saturated carbocycles. The van der Waals surface area contributed by atoms with E-state index in [1.54, 1.807) is 0 Å². The first-order valence-corrected chi connectivity index (χ1v) is 6.36. The van der Waals surface area contributed by atoms with Gasteiger partial charge in [-0.3, -0.25) is 0 Å². The Bertz CT molecular complexity index is 409. The summed E-state index contributed by atoms with van der Waals surface area (Å²) in [6.45, 7) is 8.41. The molecule has 100 valence electrons. The Kier molecular flexibility index (Phi) is 3.91. The summed E-state index contributed by atoms with van der Waals surface area (Å²) in [4.78, 5) is 6.69. The molecular weight excluding hydrogens is 230 g/mol. The average Bonchev–Trinajstić information content (AvgIpc) is 2.31. The molecule has 0 radical (unpaired) electrons. The lowest BCUT2D eigenvalue weighted by molar-refractivity contribution is 0.0529. The SMILES string of the molecule is CC(C)Oc1nc(N2CCOC(C)C2)ccc1N. The van der Waals surface area contributed by atoms with Crippen LogP contribution < -0.4 is 15.4 Å². The maximum Gasteiger partial charge on any atom is 0.239 e. The number of aromatic nitrogens is 1. The van der Waals surface area contributed by atoms with Gasteiger partial charge >= 0.3 is 0 Å². The van der Waals surface area contributed by atoms with E-state index in [4.69, 9.17) is 15.2 Å². The van der Waals surface area contributed by atoms with Crippen LogP contribution in [0.2, 0.25) is 0 Å². The third kappa shape index (κ3) is 3.04. The molecule has 1 aliphatic heterocycles. The van der Waals surface area contributed by atoms with E-state index in [9.17, 15) is 0 Å². The highest BCUT2D eigenvalue weighted by Crippen LogP contribution is 2.25. The second-order valence-corrected chi connectivity index (χ2v) is 4.86. The third-order valence-electron chi connectivity index (χ3n) is 2.79. The molecular formula is C13H21N3O2. The van der Waals surface area contributed by atoms with Crippen LogP contribution in [0.3, 0.4) is 0 Å². The Morgan fingerprint density at radius 2 is 2.28 bits per heavy atom. The highest BCUT2D eigenvalue weighted by Gasteiger charge is 2.19. The van der Waals surface area contributed by atoms with Crippen LogP contribution in [-0.4, -0.2) is 36.9 Å². The minimum atomic E-state index is 0.0682. The van der Waals surface area contributed by atoms with Crippen LogP contribution >= 0.6 is 0 Å². The zero-order valence-electron chi connectivity index (χ0n) is 11.2. The molecule has 0 aromatic carbocycles. The topological polar surface area (TPSA) is 60.6 Å². The van der Waals surface area contributed by atoms with Crippen molar-refractivity contribution in [3.8, 4) is 5.88 Å². The normalized spacial score (nSPS) is 20.2. The summed E-state index contributed by atoms with van der Waals surface area (Å²) in [7, 11) is 0. The van der Waals surface area contributed by atoms with Crippen molar-refractivity contribution in [1.82, 2.24) is 4.98 Å². The summed E-state index contributed by atoms with van der Waals surface area (Å²) in [6, 6.07) is 3.78. The molecule has 1 atom stereocenters. The van der Waals surface area contributed by atoms with Gasteiger partial charge < -0.3 is 20.1 Å². The summed E-state index contributed by atoms with van der Waals surface area (Å²) >= 11 is 0. The number of hydrogen-bond acceptors (Lipinski definition) is 5. The molecule has 5 heteroatoms. The first-order valence-electron chi connectivity index (χ1n) is 6.36. The average molecular weight is 251 g/mol. The smallest absolute Gasteiger partial charge is 0.239 e. The van der Waals surface area contributed by atoms with Crippen molar-refractivity contribution in [1.29, 1.82) is 0 Å². The number of rotatable bonds is 3. The molecule has 1 fully saturated rings. The molecule has 2 rings (SSSR count). The zero-order chi connectivity index (χ0) is 13.1. The number of anilines is 2. The van der Waals surface area contributed by atoms with E-state index in [0.29, 0.717) is 11.6 Å². The molecule has 1 saturated heterocycles. The molecule has 1 aromatic heterocycles. The molecule has 2 heterocycles. The van der Waals surface area contributed by atoms with Gasteiger partial charge in [0.15, 0.2) is 0 Å². The number of pyridine rings is 1. The maximum absolute atomic E-state index is 5.86. The summed E-state index contributed by atoms with van der Waals surface area (Å²) in [5.74, 6) is 1.41. The van der Waals surface area contributed by atoms with Crippen LogP contribution in [0, 0.1) is 0 Å². The lowest BCUT2D eigenvalue weighted by Gasteiger charge is -2.32. The van der Waals surface area contributed by atoms with Gasteiger partial charge in [-0.25, -0.2) is 0 Å². The number of hydrogen-bond donors (Lipinski definition) is 1. The zero-order valence-corrected chi connectivity index (χ0v) is 11.2. The number of ether oxygens (including phenoxy) is 2. The minimum Gasteiger partial charge on any atom is -0.473 e. The van der Waals surface area contributed by atoms with E-state index >= 15 is 0 Å². The quantitative estimate of drug-likeness (QED) is 0.885. The molecule has 5 nitrogen and oxygen atoms in total. The van der Waals surface area contributed by atoms with Crippen LogP contribution in [-0.2, 0) is 4.74 Å². The predicted octanol–water partition coefficient (Wildman–Crippen LogP) is 1.68. The van der Waals surface area contributed by atoms with Crippen LogP contribution in [0.1, 0.15) is 20.8 Å². The van der Waals surface area contributed by atoms with Crippen LogP contribution in [0.5, 0.6) is 5.88 Å². The van der Waals surface area contributed by atoms with Crippen LogP contribution in [0.15, 0.2) is 12.1 Å². The lowest BCUT2D eigenvalue weighted by atomic mass is 10.3. The van der Waals surface area contributed by atoms with Gasteiger partial charge in [0.1, 0.15) is 5.82 Å². The summed E-state index contributed by atoms with van der Waals surface area (Å²) < 4.78 is 11.1. The van der Waals surface area contributed by atoms with Crippen molar-refractivity contribution in [2.24, 2.45) is 0 Å². The lowest BCUT2D eigenvalue weighted by Crippen LogP contribution is -2.41. The monoisotopic (exact) mass is 251 g/mol. The Labute approximate surface area is 108 Å². The first-order chi connectivity index (χ1) is 8.56. The molecule has 0 bridgehead atoms. The minimum absolute atomic E-state index is 0.0682. The number of nitrogens with two attached hydrogens (primary N) is 1.